The Bertz CT molecular complexity index is 176. The zero-order valence-corrected chi connectivity index (χ0v) is 8.44. The second kappa shape index (κ2) is 6.33. The largest absolute Gasteiger partial charge is 0.397 e. The maximum absolute atomic E-state index is 9.25. The molecular formula is C8H18O7. The van der Waals surface area contributed by atoms with Crippen LogP contribution in [0.3, 0.4) is 0 Å². The van der Waals surface area contributed by atoms with Crippen LogP contribution in [-0.2, 0) is 4.74 Å². The maximum atomic E-state index is 9.25. The highest BCUT2D eigenvalue weighted by Gasteiger charge is 2.52. The molecule has 0 saturated carbocycles. The molecule has 92 valence electrons. The quantitative estimate of drug-likeness (QED) is 0.292. The summed E-state index contributed by atoms with van der Waals surface area (Å²) in [6.07, 6.45) is -4.04. The Balaban J connectivity index is 0.000000583. The second-order valence-corrected chi connectivity index (χ2v) is 3.09. The predicted molar refractivity (Wildman–Crippen MR) is 48.8 cm³/mol. The summed E-state index contributed by atoms with van der Waals surface area (Å²) in [5, 5.41) is 52.2. The molecule has 0 aromatic heterocycles. The molecule has 0 amide bonds. The lowest BCUT2D eigenvalue weighted by molar-refractivity contribution is -0.248. The highest BCUT2D eigenvalue weighted by atomic mass is 16.7. The maximum Gasteiger partial charge on any atom is 0.219 e. The van der Waals surface area contributed by atoms with Gasteiger partial charge in [-0.3, -0.25) is 0 Å². The lowest BCUT2D eigenvalue weighted by atomic mass is 10.1. The average molecular weight is 226 g/mol. The first-order valence-electron chi connectivity index (χ1n) is 4.55. The molecule has 1 saturated heterocycles. The number of rotatable bonds is 2. The number of hydrogen-bond donors (Lipinski definition) is 6. The Labute approximate surface area is 87.2 Å². The van der Waals surface area contributed by atoms with Crippen LogP contribution in [0.5, 0.6) is 0 Å². The van der Waals surface area contributed by atoms with E-state index in [1.807, 2.05) is 0 Å². The predicted octanol–water partition coefficient (Wildman–Crippen LogP) is -3.22. The fourth-order valence-corrected chi connectivity index (χ4v) is 1.15. The first-order valence-corrected chi connectivity index (χ1v) is 4.55. The molecule has 1 aliphatic rings. The van der Waals surface area contributed by atoms with Gasteiger partial charge in [0.25, 0.3) is 0 Å². The molecule has 0 aromatic carbocycles. The van der Waals surface area contributed by atoms with Crippen molar-refractivity contribution in [2.24, 2.45) is 0 Å². The number of aliphatic hydroxyl groups excluding tert-OH is 5. The zero-order valence-electron chi connectivity index (χ0n) is 8.44. The van der Waals surface area contributed by atoms with E-state index in [0.29, 0.717) is 0 Å². The van der Waals surface area contributed by atoms with E-state index >= 15 is 0 Å². The molecule has 1 aliphatic heterocycles. The van der Waals surface area contributed by atoms with E-state index in [-0.39, 0.29) is 6.61 Å². The summed E-state index contributed by atoms with van der Waals surface area (Å²) >= 11 is 0. The van der Waals surface area contributed by atoms with Crippen molar-refractivity contribution >= 4 is 0 Å². The van der Waals surface area contributed by atoms with Gasteiger partial charge in [-0.25, -0.2) is 0 Å². The fourth-order valence-electron chi connectivity index (χ4n) is 1.15. The summed E-state index contributed by atoms with van der Waals surface area (Å²) in [6.45, 7) is 0.572. The van der Waals surface area contributed by atoms with Crippen LogP contribution in [0.15, 0.2) is 0 Å². The van der Waals surface area contributed by atoms with Crippen molar-refractivity contribution in [3.05, 3.63) is 0 Å². The molecule has 1 heterocycles. The molecule has 7 nitrogen and oxygen atoms in total. The molecule has 4 atom stereocenters. The molecule has 6 N–H and O–H groups in total. The van der Waals surface area contributed by atoms with Crippen LogP contribution < -0.4 is 0 Å². The van der Waals surface area contributed by atoms with Gasteiger partial charge in [0.2, 0.25) is 5.79 Å². The minimum atomic E-state index is -2.16. The smallest absolute Gasteiger partial charge is 0.219 e. The molecule has 0 spiro atoms. The lowest BCUT2D eigenvalue weighted by Crippen LogP contribution is -2.46. The lowest BCUT2D eigenvalue weighted by Gasteiger charge is -2.22. The summed E-state index contributed by atoms with van der Waals surface area (Å²) in [5.74, 6) is -2.16. The van der Waals surface area contributed by atoms with Crippen molar-refractivity contribution in [1.82, 2.24) is 0 Å². The molecule has 0 unspecified atom stereocenters. The molecule has 0 aromatic rings. The van der Waals surface area contributed by atoms with Crippen molar-refractivity contribution < 1.29 is 35.4 Å². The summed E-state index contributed by atoms with van der Waals surface area (Å²) < 4.78 is 4.63. The van der Waals surface area contributed by atoms with Gasteiger partial charge < -0.3 is 35.4 Å². The highest BCUT2D eigenvalue weighted by molar-refractivity contribution is 4.94. The summed E-state index contributed by atoms with van der Waals surface area (Å²) in [5.41, 5.74) is 0. The average Bonchev–Trinajstić information content (AvgIpc) is 2.45. The minimum Gasteiger partial charge on any atom is -0.397 e. The highest BCUT2D eigenvalue weighted by Crippen LogP contribution is 2.28. The third kappa shape index (κ3) is 3.35. The molecule has 15 heavy (non-hydrogen) atoms. The fraction of sp³-hybridized carbons (Fsp3) is 1.00. The van der Waals surface area contributed by atoms with Gasteiger partial charge >= 0.3 is 0 Å². The monoisotopic (exact) mass is 226 g/mol. The van der Waals surface area contributed by atoms with Crippen molar-refractivity contribution in [1.29, 1.82) is 0 Å². The molecule has 0 radical (unpaired) electrons. The summed E-state index contributed by atoms with van der Waals surface area (Å²) in [7, 11) is 0. The van der Waals surface area contributed by atoms with Crippen LogP contribution in [0.2, 0.25) is 0 Å². The minimum absolute atomic E-state index is 0.250. The van der Waals surface area contributed by atoms with Crippen LogP contribution in [0.25, 0.3) is 0 Å². The van der Waals surface area contributed by atoms with Gasteiger partial charge in [0, 0.05) is 6.61 Å². The molecule has 1 rings (SSSR count). The van der Waals surface area contributed by atoms with Gasteiger partial charge in [0.15, 0.2) is 0 Å². The van der Waals surface area contributed by atoms with E-state index in [4.69, 9.17) is 25.5 Å². The van der Waals surface area contributed by atoms with Gasteiger partial charge in [-0.05, 0) is 6.92 Å². The van der Waals surface area contributed by atoms with Gasteiger partial charge in [0.05, 0.1) is 13.2 Å². The van der Waals surface area contributed by atoms with E-state index in [1.165, 1.54) is 0 Å². The second-order valence-electron chi connectivity index (χ2n) is 3.09. The van der Waals surface area contributed by atoms with E-state index < -0.39 is 37.3 Å². The number of ether oxygens (including phenoxy) is 1. The zero-order chi connectivity index (χ0) is 12.1. The molecule has 7 heteroatoms. The van der Waals surface area contributed by atoms with Crippen LogP contribution >= 0.6 is 0 Å². The van der Waals surface area contributed by atoms with Crippen LogP contribution in [0, 0.1) is 0 Å². The normalized spacial score (nSPS) is 39.8. The van der Waals surface area contributed by atoms with E-state index in [1.54, 1.807) is 6.92 Å². The Morgan fingerprint density at radius 1 is 1.20 bits per heavy atom. The third-order valence-electron chi connectivity index (χ3n) is 1.93. The number of aliphatic hydroxyl groups is 6. The molecule has 0 aliphatic carbocycles. The SMILES string of the molecule is CCO.OC[C@H]1O[C@](O)(CO)[C@@H](O)[C@@H]1O. The molecule has 1 fully saturated rings. The van der Waals surface area contributed by atoms with Crippen molar-refractivity contribution in [3.63, 3.8) is 0 Å². The van der Waals surface area contributed by atoms with Crippen LogP contribution in [0.4, 0.5) is 0 Å². The molecule has 0 bridgehead atoms. The third-order valence-corrected chi connectivity index (χ3v) is 1.93. The van der Waals surface area contributed by atoms with Crippen molar-refractivity contribution in [2.75, 3.05) is 19.8 Å². The first-order chi connectivity index (χ1) is 6.96. The van der Waals surface area contributed by atoms with Gasteiger partial charge in [0.1, 0.15) is 18.3 Å². The Morgan fingerprint density at radius 2 is 1.67 bits per heavy atom. The topological polar surface area (TPSA) is 131 Å². The Morgan fingerprint density at radius 3 is 1.87 bits per heavy atom. The van der Waals surface area contributed by atoms with Crippen LogP contribution in [0.1, 0.15) is 6.92 Å². The van der Waals surface area contributed by atoms with Gasteiger partial charge in [-0.15, -0.1) is 0 Å². The van der Waals surface area contributed by atoms with E-state index in [2.05, 4.69) is 4.74 Å². The van der Waals surface area contributed by atoms with Gasteiger partial charge in [-0.2, -0.15) is 0 Å². The van der Waals surface area contributed by atoms with Gasteiger partial charge in [-0.1, -0.05) is 0 Å². The standard InChI is InChI=1S/C6H12O6.C2H6O/c7-1-3-4(9)5(10)6(11,2-8)12-3;1-2-3/h3-5,7-11H,1-2H2;3H,2H2,1H3/t3-,4-,5+,6-;/m1./s1. The Hall–Kier alpha value is -0.280. The summed E-state index contributed by atoms with van der Waals surface area (Å²) in [4.78, 5) is 0. The van der Waals surface area contributed by atoms with Crippen LogP contribution in [-0.4, -0.2) is 74.6 Å². The van der Waals surface area contributed by atoms with E-state index in [0.717, 1.165) is 0 Å². The Kier molecular flexibility index (Phi) is 6.22. The first kappa shape index (κ1) is 14.7. The number of hydrogen-bond acceptors (Lipinski definition) is 7. The summed E-state index contributed by atoms with van der Waals surface area (Å²) in [6, 6.07) is 0. The van der Waals surface area contributed by atoms with E-state index in [9.17, 15) is 5.11 Å². The van der Waals surface area contributed by atoms with Crippen molar-refractivity contribution in [3.8, 4) is 0 Å². The molecular weight excluding hydrogens is 208 g/mol. The van der Waals surface area contributed by atoms with Crippen molar-refractivity contribution in [2.45, 2.75) is 31.0 Å².